The Morgan fingerprint density at radius 1 is 1.31 bits per heavy atom. The lowest BCUT2D eigenvalue weighted by Crippen LogP contribution is -2.41. The molecule has 1 amide bonds. The molecule has 1 fully saturated rings. The molecule has 0 N–H and O–H groups in total. The van der Waals surface area contributed by atoms with Crippen LogP contribution in [0.2, 0.25) is 0 Å². The molecule has 1 aliphatic rings. The van der Waals surface area contributed by atoms with Gasteiger partial charge >= 0.3 is 5.97 Å². The number of esters is 1. The van der Waals surface area contributed by atoms with Crippen molar-refractivity contribution in [1.29, 1.82) is 0 Å². The minimum absolute atomic E-state index is 0.0500. The van der Waals surface area contributed by atoms with Crippen LogP contribution in [0.1, 0.15) is 24.0 Å². The quantitative estimate of drug-likeness (QED) is 0.674. The maximum Gasteiger partial charge on any atom is 0.325 e. The lowest BCUT2D eigenvalue weighted by atomic mass is 9.99. The standard InChI is InChI=1S/C19H25N3O5S2/c1-12-8-13(2)17-15(9-12)22(11-16(23)27-3)19(28-17)20-18(24)14-6-5-7-21(10-14)29(4,25)26/h8-9,14H,5-7,10-11H2,1-4H3. The van der Waals surface area contributed by atoms with Crippen LogP contribution >= 0.6 is 11.3 Å². The Kier molecular flexibility index (Phi) is 6.25. The van der Waals surface area contributed by atoms with Crippen molar-refractivity contribution in [2.45, 2.75) is 33.2 Å². The fraction of sp³-hybridized carbons (Fsp3) is 0.526. The van der Waals surface area contributed by atoms with Gasteiger partial charge in [0, 0.05) is 13.1 Å². The molecule has 0 spiro atoms. The number of thiazole rings is 1. The number of hydrogen-bond donors (Lipinski definition) is 0. The van der Waals surface area contributed by atoms with Crippen LogP contribution in [0.5, 0.6) is 0 Å². The van der Waals surface area contributed by atoms with Crippen molar-refractivity contribution in [2.75, 3.05) is 26.5 Å². The molecule has 8 nitrogen and oxygen atoms in total. The molecule has 0 saturated carbocycles. The van der Waals surface area contributed by atoms with Crippen LogP contribution in [-0.4, -0.2) is 55.6 Å². The van der Waals surface area contributed by atoms with E-state index in [1.54, 1.807) is 4.57 Å². The van der Waals surface area contributed by atoms with Gasteiger partial charge in [0.1, 0.15) is 6.54 Å². The van der Waals surface area contributed by atoms with Gasteiger partial charge < -0.3 is 9.30 Å². The van der Waals surface area contributed by atoms with Gasteiger partial charge in [-0.05, 0) is 43.9 Å². The Morgan fingerprint density at radius 3 is 2.69 bits per heavy atom. The average Bonchev–Trinajstić information content (AvgIpc) is 2.98. The smallest absolute Gasteiger partial charge is 0.325 e. The Hall–Kier alpha value is -2.04. The van der Waals surface area contributed by atoms with Gasteiger partial charge in [0.25, 0.3) is 5.91 Å². The number of carbonyl (C=O) groups is 2. The number of fused-ring (bicyclic) bond motifs is 1. The molecule has 29 heavy (non-hydrogen) atoms. The van der Waals surface area contributed by atoms with Crippen LogP contribution in [-0.2, 0) is 30.9 Å². The summed E-state index contributed by atoms with van der Waals surface area (Å²) < 4.78 is 32.5. The highest BCUT2D eigenvalue weighted by Crippen LogP contribution is 2.24. The summed E-state index contributed by atoms with van der Waals surface area (Å²) in [6.07, 6.45) is 2.36. The first-order valence-electron chi connectivity index (χ1n) is 9.31. The second kappa shape index (κ2) is 8.37. The summed E-state index contributed by atoms with van der Waals surface area (Å²) in [4.78, 5) is 29.5. The molecule has 10 heteroatoms. The molecule has 1 atom stereocenters. The van der Waals surface area contributed by atoms with Crippen LogP contribution in [0.15, 0.2) is 17.1 Å². The Balaban J connectivity index is 2.04. The highest BCUT2D eigenvalue weighted by atomic mass is 32.2. The van der Waals surface area contributed by atoms with Gasteiger partial charge in [-0.3, -0.25) is 9.59 Å². The van der Waals surface area contributed by atoms with Gasteiger partial charge in [-0.1, -0.05) is 17.4 Å². The lowest BCUT2D eigenvalue weighted by molar-refractivity contribution is -0.141. The van der Waals surface area contributed by atoms with Crippen molar-refractivity contribution in [2.24, 2.45) is 10.9 Å². The normalized spacial score (nSPS) is 18.9. The summed E-state index contributed by atoms with van der Waals surface area (Å²) in [5.74, 6) is -1.28. The highest BCUT2D eigenvalue weighted by Gasteiger charge is 2.30. The van der Waals surface area contributed by atoms with E-state index < -0.39 is 21.9 Å². The largest absolute Gasteiger partial charge is 0.468 e. The zero-order valence-electron chi connectivity index (χ0n) is 17.0. The molecule has 2 aromatic rings. The molecule has 3 rings (SSSR count). The maximum atomic E-state index is 12.9. The van der Waals surface area contributed by atoms with Crippen molar-refractivity contribution in [3.05, 3.63) is 28.1 Å². The Labute approximate surface area is 173 Å². The molecule has 1 unspecified atom stereocenters. The zero-order valence-corrected chi connectivity index (χ0v) is 18.6. The van der Waals surface area contributed by atoms with Crippen LogP contribution < -0.4 is 4.80 Å². The summed E-state index contributed by atoms with van der Waals surface area (Å²) in [6, 6.07) is 4.00. The van der Waals surface area contributed by atoms with E-state index in [1.165, 1.54) is 22.8 Å². The SMILES string of the molecule is COC(=O)Cn1c(=NC(=O)C2CCCN(S(C)(=O)=O)C2)sc2c(C)cc(C)cc21. The van der Waals surface area contributed by atoms with E-state index in [-0.39, 0.29) is 19.0 Å². The lowest BCUT2D eigenvalue weighted by Gasteiger charge is -2.28. The van der Waals surface area contributed by atoms with Crippen LogP contribution in [0.3, 0.4) is 0 Å². The molecule has 0 bridgehead atoms. The first kappa shape index (κ1) is 21.7. The summed E-state index contributed by atoms with van der Waals surface area (Å²) in [5, 5.41) is 0. The average molecular weight is 440 g/mol. The first-order chi connectivity index (χ1) is 13.6. The zero-order chi connectivity index (χ0) is 21.3. The summed E-state index contributed by atoms with van der Waals surface area (Å²) in [6.45, 7) is 4.46. The summed E-state index contributed by atoms with van der Waals surface area (Å²) in [5.41, 5.74) is 2.91. The van der Waals surface area contributed by atoms with E-state index >= 15 is 0 Å². The second-order valence-corrected chi connectivity index (χ2v) is 10.3. The van der Waals surface area contributed by atoms with Crippen molar-refractivity contribution in [3.8, 4) is 0 Å². The van der Waals surface area contributed by atoms with Crippen molar-refractivity contribution in [1.82, 2.24) is 8.87 Å². The number of rotatable bonds is 4. The fourth-order valence-corrected chi connectivity index (χ4v) is 5.57. The highest BCUT2D eigenvalue weighted by molar-refractivity contribution is 7.88. The number of methoxy groups -OCH3 is 1. The van der Waals surface area contributed by atoms with Gasteiger partial charge in [-0.25, -0.2) is 12.7 Å². The van der Waals surface area contributed by atoms with Gasteiger partial charge in [-0.15, -0.1) is 0 Å². The van der Waals surface area contributed by atoms with E-state index in [0.29, 0.717) is 24.2 Å². The van der Waals surface area contributed by atoms with Gasteiger partial charge in [-0.2, -0.15) is 4.99 Å². The predicted molar refractivity (Wildman–Crippen MR) is 111 cm³/mol. The Bertz CT molecular complexity index is 1130. The molecular weight excluding hydrogens is 414 g/mol. The van der Waals surface area contributed by atoms with Crippen molar-refractivity contribution in [3.63, 3.8) is 0 Å². The van der Waals surface area contributed by atoms with Crippen LogP contribution in [0.4, 0.5) is 0 Å². The molecule has 1 aliphatic heterocycles. The molecule has 0 aliphatic carbocycles. The van der Waals surface area contributed by atoms with E-state index in [1.807, 2.05) is 26.0 Å². The minimum Gasteiger partial charge on any atom is -0.468 e. The van der Waals surface area contributed by atoms with E-state index in [0.717, 1.165) is 27.6 Å². The number of aryl methyl sites for hydroxylation is 2. The van der Waals surface area contributed by atoms with E-state index in [4.69, 9.17) is 4.74 Å². The molecular formula is C19H25N3O5S2. The molecule has 0 radical (unpaired) electrons. The number of hydrogen-bond acceptors (Lipinski definition) is 6. The number of benzene rings is 1. The molecule has 1 aromatic carbocycles. The number of nitrogens with zero attached hydrogens (tertiary/aromatic N) is 3. The molecule has 158 valence electrons. The predicted octanol–water partition coefficient (Wildman–Crippen LogP) is 1.59. The number of aromatic nitrogens is 1. The third kappa shape index (κ3) is 4.76. The van der Waals surface area contributed by atoms with E-state index in [9.17, 15) is 18.0 Å². The van der Waals surface area contributed by atoms with Gasteiger partial charge in [0.2, 0.25) is 10.0 Å². The second-order valence-electron chi connectivity index (χ2n) is 7.39. The van der Waals surface area contributed by atoms with Crippen LogP contribution in [0, 0.1) is 19.8 Å². The first-order valence-corrected chi connectivity index (χ1v) is 12.0. The van der Waals surface area contributed by atoms with Crippen LogP contribution in [0.25, 0.3) is 10.2 Å². The summed E-state index contributed by atoms with van der Waals surface area (Å²) >= 11 is 1.35. The van der Waals surface area contributed by atoms with Crippen molar-refractivity contribution < 1.29 is 22.7 Å². The third-order valence-corrected chi connectivity index (χ3v) is 7.54. The van der Waals surface area contributed by atoms with Crippen molar-refractivity contribution >= 4 is 43.5 Å². The fourth-order valence-electron chi connectivity index (χ4n) is 3.58. The number of carbonyl (C=O) groups excluding carboxylic acids is 2. The number of sulfonamides is 1. The third-order valence-electron chi connectivity index (χ3n) is 5.04. The monoisotopic (exact) mass is 439 g/mol. The minimum atomic E-state index is -3.35. The maximum absolute atomic E-state index is 12.9. The number of amides is 1. The van der Waals surface area contributed by atoms with Gasteiger partial charge in [0.15, 0.2) is 4.80 Å². The Morgan fingerprint density at radius 2 is 2.03 bits per heavy atom. The molecule has 1 saturated heterocycles. The number of piperidine rings is 1. The van der Waals surface area contributed by atoms with Gasteiger partial charge in [0.05, 0.1) is 29.5 Å². The van der Waals surface area contributed by atoms with E-state index in [2.05, 4.69) is 4.99 Å². The molecule has 2 heterocycles. The molecule has 1 aromatic heterocycles. The topological polar surface area (TPSA) is 98.0 Å². The summed E-state index contributed by atoms with van der Waals surface area (Å²) in [7, 11) is -2.03. The number of ether oxygens (including phenoxy) is 1.